The lowest BCUT2D eigenvalue weighted by Crippen LogP contribution is -2.35. The molecule has 0 fully saturated rings. The Hall–Kier alpha value is -3.21. The number of hydrogen-bond donors (Lipinski definition) is 3. The highest BCUT2D eigenvalue weighted by Crippen LogP contribution is 2.35. The summed E-state index contributed by atoms with van der Waals surface area (Å²) in [6.45, 7) is 2.91. The Kier molecular flexibility index (Phi) is 6.50. The summed E-state index contributed by atoms with van der Waals surface area (Å²) in [7, 11) is 0. The number of nitrogens with zero attached hydrogens (tertiary/aromatic N) is 3. The number of allylic oxidation sites excluding steroid dienone is 1. The summed E-state index contributed by atoms with van der Waals surface area (Å²) >= 11 is 0. The van der Waals surface area contributed by atoms with Gasteiger partial charge < -0.3 is 25.6 Å². The number of benzene rings is 1. The van der Waals surface area contributed by atoms with Crippen LogP contribution in [0.4, 0.5) is 5.69 Å². The monoisotopic (exact) mass is 415 g/mol. The minimum absolute atomic E-state index is 0.00799. The van der Waals surface area contributed by atoms with Crippen LogP contribution in [0.15, 0.2) is 36.4 Å². The molecule has 0 saturated heterocycles. The Bertz CT molecular complexity index is 968. The van der Waals surface area contributed by atoms with E-state index in [1.165, 1.54) is 6.07 Å². The van der Waals surface area contributed by atoms with Crippen molar-refractivity contribution in [2.24, 2.45) is 0 Å². The first-order valence-electron chi connectivity index (χ1n) is 9.36. The Balaban J connectivity index is 1.72. The third kappa shape index (κ3) is 4.67. The van der Waals surface area contributed by atoms with Gasteiger partial charge in [0.15, 0.2) is 0 Å². The number of nitrogens with one attached hydrogen (secondary N) is 1. The largest absolute Gasteiger partial charge is 0.733 e. The lowest BCUT2D eigenvalue weighted by atomic mass is 9.96. The molecule has 2 aromatic rings. The number of carbonyl (C=O) groups is 2. The molecule has 0 bridgehead atoms. The van der Waals surface area contributed by atoms with Gasteiger partial charge >= 0.3 is 5.97 Å². The second-order valence-corrected chi connectivity index (χ2v) is 7.05. The van der Waals surface area contributed by atoms with Crippen LogP contribution in [0.5, 0.6) is 0 Å². The molecule has 1 aromatic heterocycles. The van der Waals surface area contributed by atoms with Gasteiger partial charge in [0.1, 0.15) is 13.2 Å². The lowest BCUT2D eigenvalue weighted by molar-refractivity contribution is -0.143. The average Bonchev–Trinajstić information content (AvgIpc) is 3.24. The number of carbonyl (C=O) groups excluding carboxylic acids is 1. The van der Waals surface area contributed by atoms with Gasteiger partial charge in [0.25, 0.3) is 0 Å². The van der Waals surface area contributed by atoms with Crippen molar-refractivity contribution in [1.29, 1.82) is 0 Å². The number of carboxylic acids is 1. The Labute approximate surface area is 172 Å². The van der Waals surface area contributed by atoms with E-state index in [1.807, 2.05) is 26.0 Å². The van der Waals surface area contributed by atoms with Gasteiger partial charge in [0.2, 0.25) is 5.91 Å². The predicted molar refractivity (Wildman–Crippen MR) is 108 cm³/mol. The van der Waals surface area contributed by atoms with Crippen LogP contribution in [0.3, 0.4) is 0 Å². The second kappa shape index (κ2) is 9.08. The fourth-order valence-electron chi connectivity index (χ4n) is 3.73. The molecule has 1 aromatic carbocycles. The van der Waals surface area contributed by atoms with E-state index in [0.29, 0.717) is 12.1 Å². The van der Waals surface area contributed by atoms with Crippen molar-refractivity contribution in [2.75, 3.05) is 18.4 Å². The van der Waals surface area contributed by atoms with E-state index >= 15 is 0 Å². The molecule has 0 spiro atoms. The number of anilines is 1. The van der Waals surface area contributed by atoms with Crippen LogP contribution in [-0.2, 0) is 14.3 Å². The zero-order valence-corrected chi connectivity index (χ0v) is 16.6. The third-order valence-electron chi connectivity index (χ3n) is 4.92. The van der Waals surface area contributed by atoms with Crippen LogP contribution in [0, 0.1) is 19.1 Å². The summed E-state index contributed by atoms with van der Waals surface area (Å²) in [6, 6.07) is 6.40. The Morgan fingerprint density at radius 2 is 2.03 bits per heavy atom. The van der Waals surface area contributed by atoms with Crippen LogP contribution < -0.4 is 10.5 Å². The molecule has 2 atom stereocenters. The number of aliphatic carboxylic acids is 1. The molecular formula is C20H23N4O6-. The minimum Gasteiger partial charge on any atom is -0.733 e. The molecule has 30 heavy (non-hydrogen) atoms. The van der Waals surface area contributed by atoms with E-state index in [0.717, 1.165) is 17.0 Å². The molecule has 160 valence electrons. The molecule has 1 amide bonds. The highest BCUT2D eigenvalue weighted by molar-refractivity contribution is 5.78. The molecule has 0 unspecified atom stereocenters. The molecule has 0 saturated carbocycles. The van der Waals surface area contributed by atoms with E-state index < -0.39 is 12.6 Å². The van der Waals surface area contributed by atoms with Crippen molar-refractivity contribution >= 4 is 17.6 Å². The molecule has 0 aliphatic heterocycles. The zero-order chi connectivity index (χ0) is 21.8. The van der Waals surface area contributed by atoms with Gasteiger partial charge in [0, 0.05) is 23.2 Å². The van der Waals surface area contributed by atoms with Gasteiger partial charge in [0.05, 0.1) is 17.1 Å². The predicted octanol–water partition coefficient (Wildman–Crippen LogP) is 1.81. The van der Waals surface area contributed by atoms with Gasteiger partial charge in [-0.15, -0.1) is 0 Å². The third-order valence-corrected chi connectivity index (χ3v) is 4.92. The number of rotatable bonds is 8. The zero-order valence-electron chi connectivity index (χ0n) is 16.6. The van der Waals surface area contributed by atoms with Crippen molar-refractivity contribution in [2.45, 2.75) is 32.2 Å². The van der Waals surface area contributed by atoms with E-state index in [9.17, 15) is 20.0 Å². The minimum atomic E-state index is -1.13. The molecule has 3 rings (SSSR count). The van der Waals surface area contributed by atoms with Gasteiger partial charge in [-0.1, -0.05) is 24.3 Å². The fraction of sp³-hybridized carbons (Fsp3) is 0.350. The standard InChI is InChI=1S/C20H23N4O6/c1-12-20(13(2)23(22-12)16-5-3-4-6-17(16)24(28)29)14-7-8-15(9-14)21-18(25)10-30-11-19(26)27/h3-8,14-15,28H,9-11H2,1-2H3,(H,21,25)(H,26,27)/q-1/t14-,15+/m0/s1. The first-order valence-corrected chi connectivity index (χ1v) is 9.36. The quantitative estimate of drug-likeness (QED) is 0.438. The average molecular weight is 415 g/mol. The van der Waals surface area contributed by atoms with Crippen molar-refractivity contribution in [1.82, 2.24) is 15.1 Å². The van der Waals surface area contributed by atoms with Crippen molar-refractivity contribution < 1.29 is 24.6 Å². The highest BCUT2D eigenvalue weighted by Gasteiger charge is 2.27. The van der Waals surface area contributed by atoms with Crippen molar-refractivity contribution in [3.63, 3.8) is 0 Å². The van der Waals surface area contributed by atoms with Gasteiger partial charge in [-0.05, 0) is 32.4 Å². The van der Waals surface area contributed by atoms with Crippen LogP contribution >= 0.6 is 0 Å². The van der Waals surface area contributed by atoms with Crippen molar-refractivity contribution in [3.05, 3.63) is 58.6 Å². The summed E-state index contributed by atoms with van der Waals surface area (Å²) in [6.07, 6.45) is 4.49. The maximum Gasteiger partial charge on any atom is 0.329 e. The highest BCUT2D eigenvalue weighted by atomic mass is 16.8. The van der Waals surface area contributed by atoms with E-state index in [2.05, 4.69) is 10.4 Å². The molecule has 10 nitrogen and oxygen atoms in total. The first kappa shape index (κ1) is 21.5. The molecule has 10 heteroatoms. The number of ether oxygens (including phenoxy) is 1. The van der Waals surface area contributed by atoms with E-state index in [1.54, 1.807) is 22.9 Å². The summed E-state index contributed by atoms with van der Waals surface area (Å²) in [4.78, 5) is 22.4. The van der Waals surface area contributed by atoms with Gasteiger partial charge in [-0.2, -0.15) is 5.10 Å². The molecule has 1 aliphatic carbocycles. The SMILES string of the molecule is Cc1nn(-c2ccccc2N([O-])O)c(C)c1[C@H]1C=C[C@@H](NC(=O)COCC(=O)O)C1. The van der Waals surface area contributed by atoms with E-state index in [4.69, 9.17) is 9.84 Å². The normalized spacial score (nSPS) is 17.9. The molecule has 0 radical (unpaired) electrons. The summed E-state index contributed by atoms with van der Waals surface area (Å²) in [5.74, 6) is -1.51. The number of amides is 1. The molecule has 3 N–H and O–H groups in total. The second-order valence-electron chi connectivity index (χ2n) is 7.05. The summed E-state index contributed by atoms with van der Waals surface area (Å²) in [5.41, 5.74) is 3.14. The van der Waals surface area contributed by atoms with Gasteiger partial charge in [-0.3, -0.25) is 10.0 Å². The molecule has 1 heterocycles. The van der Waals surface area contributed by atoms with Crippen LogP contribution in [0.2, 0.25) is 0 Å². The molecule has 1 aliphatic rings. The number of carboxylic acid groups (broad SMARTS) is 1. The smallest absolute Gasteiger partial charge is 0.329 e. The fourth-order valence-corrected chi connectivity index (χ4v) is 3.73. The number of para-hydroxylation sites is 2. The molecular weight excluding hydrogens is 392 g/mol. The maximum absolute atomic E-state index is 11.9. The summed E-state index contributed by atoms with van der Waals surface area (Å²) < 4.78 is 6.43. The van der Waals surface area contributed by atoms with Gasteiger partial charge in [-0.25, -0.2) is 9.48 Å². The topological polar surface area (TPSA) is 140 Å². The number of aryl methyl sites for hydroxylation is 1. The van der Waals surface area contributed by atoms with E-state index in [-0.39, 0.29) is 35.4 Å². The van der Waals surface area contributed by atoms with Crippen LogP contribution in [0.25, 0.3) is 5.69 Å². The van der Waals surface area contributed by atoms with Crippen LogP contribution in [0.1, 0.15) is 29.3 Å². The number of aromatic nitrogens is 2. The van der Waals surface area contributed by atoms with Crippen molar-refractivity contribution in [3.8, 4) is 5.69 Å². The summed E-state index contributed by atoms with van der Waals surface area (Å²) in [5, 5.41) is 36.6. The van der Waals surface area contributed by atoms with Crippen LogP contribution in [-0.4, -0.2) is 51.2 Å². The Morgan fingerprint density at radius 1 is 1.30 bits per heavy atom. The first-order chi connectivity index (χ1) is 14.3. The lowest BCUT2D eigenvalue weighted by Gasteiger charge is -2.24. The maximum atomic E-state index is 11.9. The number of hydrogen-bond acceptors (Lipinski definition) is 7. The Morgan fingerprint density at radius 3 is 2.73 bits per heavy atom.